The molecule has 3 rings (SSSR count). The molecular weight excluding hydrogens is 346 g/mol. The van der Waals surface area contributed by atoms with Crippen molar-refractivity contribution in [1.29, 1.82) is 0 Å². The Morgan fingerprint density at radius 3 is 2.30 bits per heavy atom. The molecule has 1 aliphatic heterocycles. The number of rotatable bonds is 6. The van der Waals surface area contributed by atoms with E-state index in [1.165, 1.54) is 7.11 Å². The lowest BCUT2D eigenvalue weighted by molar-refractivity contribution is -0.121. The second-order valence-corrected chi connectivity index (χ2v) is 6.57. The molecule has 0 atom stereocenters. The number of carbonyl (C=O) groups is 2. The van der Waals surface area contributed by atoms with E-state index in [0.29, 0.717) is 29.6 Å². The van der Waals surface area contributed by atoms with Crippen molar-refractivity contribution in [3.8, 4) is 11.5 Å². The molecule has 1 heterocycles. The summed E-state index contributed by atoms with van der Waals surface area (Å²) in [6, 6.07) is 13.4. The maximum Gasteiger partial charge on any atom is 0.301 e. The van der Waals surface area contributed by atoms with Crippen LogP contribution < -0.4 is 14.4 Å². The van der Waals surface area contributed by atoms with E-state index in [-0.39, 0.29) is 11.3 Å². The van der Waals surface area contributed by atoms with E-state index in [2.05, 4.69) is 0 Å². The fourth-order valence-corrected chi connectivity index (χ4v) is 2.79. The van der Waals surface area contributed by atoms with Gasteiger partial charge in [-0.3, -0.25) is 9.59 Å². The van der Waals surface area contributed by atoms with Gasteiger partial charge in [-0.25, -0.2) is 4.90 Å². The quantitative estimate of drug-likeness (QED) is 0.790. The molecule has 2 amide bonds. The van der Waals surface area contributed by atoms with Gasteiger partial charge in [-0.15, -0.1) is 0 Å². The molecule has 0 radical (unpaired) electrons. The molecule has 0 aliphatic carbocycles. The smallest absolute Gasteiger partial charge is 0.301 e. The van der Waals surface area contributed by atoms with E-state index in [4.69, 9.17) is 9.47 Å². The minimum absolute atomic E-state index is 0.0404. The average molecular weight is 367 g/mol. The maximum atomic E-state index is 12.9. The third kappa shape index (κ3) is 3.51. The zero-order valence-electron chi connectivity index (χ0n) is 15.4. The lowest BCUT2D eigenvalue weighted by Crippen LogP contribution is -2.31. The van der Waals surface area contributed by atoms with Crippen LogP contribution in [0.1, 0.15) is 19.4 Å². The lowest BCUT2D eigenvalue weighted by atomic mass is 10.1. The number of para-hydroxylation sites is 2. The Morgan fingerprint density at radius 2 is 1.67 bits per heavy atom. The normalized spacial score (nSPS) is 14.3. The van der Waals surface area contributed by atoms with Gasteiger partial charge in [0.25, 0.3) is 5.91 Å². The predicted molar refractivity (Wildman–Crippen MR) is 102 cm³/mol. The summed E-state index contributed by atoms with van der Waals surface area (Å²) in [4.78, 5) is 26.3. The minimum Gasteiger partial charge on any atom is -0.502 e. The van der Waals surface area contributed by atoms with Crippen LogP contribution in [0.3, 0.4) is 0 Å². The highest BCUT2D eigenvalue weighted by molar-refractivity contribution is 6.45. The topological polar surface area (TPSA) is 76.1 Å². The Hall–Kier alpha value is -3.28. The number of aliphatic hydroxyl groups is 1. The molecule has 2 aromatic rings. The van der Waals surface area contributed by atoms with Crippen LogP contribution in [0, 0.1) is 5.92 Å². The van der Waals surface area contributed by atoms with Gasteiger partial charge < -0.3 is 14.6 Å². The van der Waals surface area contributed by atoms with Gasteiger partial charge in [0.2, 0.25) is 0 Å². The first kappa shape index (κ1) is 18.5. The van der Waals surface area contributed by atoms with Crippen molar-refractivity contribution in [3.05, 3.63) is 59.9 Å². The summed E-state index contributed by atoms with van der Waals surface area (Å²) in [5, 5.41) is 10.3. The number of carbonyl (C=O) groups excluding carboxylic acids is 2. The van der Waals surface area contributed by atoms with Crippen molar-refractivity contribution in [3.63, 3.8) is 0 Å². The number of anilines is 1. The van der Waals surface area contributed by atoms with E-state index in [9.17, 15) is 14.7 Å². The van der Waals surface area contributed by atoms with Gasteiger partial charge in [0, 0.05) is 0 Å². The number of aliphatic hydroxyl groups excluding tert-OH is 1. The number of methoxy groups -OCH3 is 1. The highest BCUT2D eigenvalue weighted by Gasteiger charge is 2.41. The van der Waals surface area contributed by atoms with E-state index < -0.39 is 17.6 Å². The zero-order chi connectivity index (χ0) is 19.6. The Kier molecular flexibility index (Phi) is 5.16. The summed E-state index contributed by atoms with van der Waals surface area (Å²) in [5.74, 6) is -0.546. The Balaban J connectivity index is 1.90. The van der Waals surface area contributed by atoms with E-state index in [0.717, 1.165) is 4.90 Å². The first-order valence-electron chi connectivity index (χ1n) is 8.62. The van der Waals surface area contributed by atoms with Gasteiger partial charge in [0.05, 0.1) is 25.0 Å². The van der Waals surface area contributed by atoms with Gasteiger partial charge in [0.1, 0.15) is 11.5 Å². The summed E-state index contributed by atoms with van der Waals surface area (Å²) in [7, 11) is 1.45. The lowest BCUT2D eigenvalue weighted by Gasteiger charge is -2.17. The number of amides is 2. The van der Waals surface area contributed by atoms with Gasteiger partial charge >= 0.3 is 5.91 Å². The molecule has 27 heavy (non-hydrogen) atoms. The monoisotopic (exact) mass is 367 g/mol. The number of imide groups is 1. The number of nitrogens with zero attached hydrogens (tertiary/aromatic N) is 1. The highest BCUT2D eigenvalue weighted by atomic mass is 16.5. The second kappa shape index (κ2) is 7.53. The number of ether oxygens (including phenoxy) is 2. The number of hydrogen-bond donors (Lipinski definition) is 1. The molecule has 0 spiro atoms. The van der Waals surface area contributed by atoms with E-state index in [1.54, 1.807) is 48.5 Å². The number of benzene rings is 2. The van der Waals surface area contributed by atoms with Crippen LogP contribution in [0.25, 0.3) is 5.57 Å². The van der Waals surface area contributed by atoms with Gasteiger partial charge in [-0.1, -0.05) is 38.1 Å². The minimum atomic E-state index is -0.778. The molecule has 0 saturated carbocycles. The molecule has 6 nitrogen and oxygen atoms in total. The molecule has 6 heteroatoms. The second-order valence-electron chi connectivity index (χ2n) is 6.57. The molecule has 0 fully saturated rings. The Bertz CT molecular complexity index is 899. The van der Waals surface area contributed by atoms with Crippen LogP contribution >= 0.6 is 0 Å². The van der Waals surface area contributed by atoms with Crippen LogP contribution in [0.2, 0.25) is 0 Å². The molecule has 0 bridgehead atoms. The molecule has 2 aromatic carbocycles. The summed E-state index contributed by atoms with van der Waals surface area (Å²) in [6.45, 7) is 4.67. The van der Waals surface area contributed by atoms with Crippen LogP contribution in [0.15, 0.2) is 54.3 Å². The largest absolute Gasteiger partial charge is 0.502 e. The van der Waals surface area contributed by atoms with Gasteiger partial charge in [0.15, 0.2) is 5.76 Å². The van der Waals surface area contributed by atoms with Crippen molar-refractivity contribution in [2.24, 2.45) is 5.92 Å². The molecular formula is C21H21NO5. The molecule has 140 valence electrons. The van der Waals surface area contributed by atoms with Crippen molar-refractivity contribution in [2.75, 3.05) is 18.6 Å². The van der Waals surface area contributed by atoms with Crippen LogP contribution in [-0.4, -0.2) is 30.6 Å². The molecule has 0 unspecified atom stereocenters. The molecule has 0 saturated heterocycles. The average Bonchev–Trinajstić information content (AvgIpc) is 2.89. The van der Waals surface area contributed by atoms with Gasteiger partial charge in [-0.05, 0) is 35.7 Å². The van der Waals surface area contributed by atoms with E-state index >= 15 is 0 Å². The maximum absolute atomic E-state index is 12.9. The van der Waals surface area contributed by atoms with Crippen LogP contribution in [0.5, 0.6) is 11.5 Å². The van der Waals surface area contributed by atoms with Crippen LogP contribution in [-0.2, 0) is 9.59 Å². The predicted octanol–water partition coefficient (Wildman–Crippen LogP) is 3.57. The first-order chi connectivity index (χ1) is 12.9. The SMILES string of the molecule is COc1ccccc1N1C(=O)C(O)=C(c2ccc(OCC(C)C)cc2)C1=O. The van der Waals surface area contributed by atoms with Crippen molar-refractivity contribution in [2.45, 2.75) is 13.8 Å². The fraction of sp³-hybridized carbons (Fsp3) is 0.238. The zero-order valence-corrected chi connectivity index (χ0v) is 15.4. The summed E-state index contributed by atoms with van der Waals surface area (Å²) < 4.78 is 10.9. The van der Waals surface area contributed by atoms with Gasteiger partial charge in [-0.2, -0.15) is 0 Å². The number of hydrogen-bond acceptors (Lipinski definition) is 5. The highest BCUT2D eigenvalue weighted by Crippen LogP contribution is 2.36. The summed E-state index contributed by atoms with van der Waals surface area (Å²) >= 11 is 0. The van der Waals surface area contributed by atoms with Crippen molar-refractivity contribution < 1.29 is 24.2 Å². The van der Waals surface area contributed by atoms with E-state index in [1.807, 2.05) is 13.8 Å². The Labute approximate surface area is 157 Å². The third-order valence-electron chi connectivity index (χ3n) is 4.11. The Morgan fingerprint density at radius 1 is 1.00 bits per heavy atom. The fourth-order valence-electron chi connectivity index (χ4n) is 2.79. The standard InChI is InChI=1S/C21H21NO5/c1-13(2)12-27-15-10-8-14(9-11-15)18-19(23)21(25)22(20(18)24)16-6-4-5-7-17(16)26-3/h4-11,13,23H,12H2,1-3H3. The van der Waals surface area contributed by atoms with Crippen molar-refractivity contribution >= 4 is 23.1 Å². The third-order valence-corrected chi connectivity index (χ3v) is 4.11. The summed E-state index contributed by atoms with van der Waals surface area (Å²) in [6.07, 6.45) is 0. The summed E-state index contributed by atoms with van der Waals surface area (Å²) in [5.41, 5.74) is 0.690. The molecule has 1 N–H and O–H groups in total. The molecule has 0 aromatic heterocycles. The van der Waals surface area contributed by atoms with Crippen molar-refractivity contribution in [1.82, 2.24) is 0 Å². The van der Waals surface area contributed by atoms with Crippen LogP contribution in [0.4, 0.5) is 5.69 Å². The first-order valence-corrected chi connectivity index (χ1v) is 8.62. The molecule has 1 aliphatic rings.